The largest absolute Gasteiger partial charge is 0.347 e. The van der Waals surface area contributed by atoms with Crippen molar-refractivity contribution in [3.63, 3.8) is 0 Å². The molecule has 5 nitrogen and oxygen atoms in total. The quantitative estimate of drug-likeness (QED) is 0.872. The molecule has 27 heavy (non-hydrogen) atoms. The van der Waals surface area contributed by atoms with E-state index in [1.165, 1.54) is 16.4 Å². The summed E-state index contributed by atoms with van der Waals surface area (Å²) in [6, 6.07) is 9.54. The summed E-state index contributed by atoms with van der Waals surface area (Å²) in [5.74, 6) is -0.684. The maximum Gasteiger partial charge on any atom is 0.264 e. The van der Waals surface area contributed by atoms with E-state index in [2.05, 4.69) is 5.32 Å². The van der Waals surface area contributed by atoms with E-state index in [9.17, 15) is 17.6 Å². The molecule has 0 aromatic heterocycles. The second-order valence-corrected chi connectivity index (χ2v) is 9.67. The second kappa shape index (κ2) is 6.64. The normalized spacial score (nSPS) is 16.9. The number of amides is 1. The van der Waals surface area contributed by atoms with Crippen molar-refractivity contribution in [1.29, 1.82) is 0 Å². The van der Waals surface area contributed by atoms with E-state index in [1.54, 1.807) is 18.2 Å². The Morgan fingerprint density at radius 1 is 1.15 bits per heavy atom. The van der Waals surface area contributed by atoms with Crippen LogP contribution in [0.1, 0.15) is 43.6 Å². The first-order chi connectivity index (χ1) is 12.5. The Hall–Kier alpha value is -2.41. The molecule has 0 saturated carbocycles. The molecule has 7 heteroatoms. The number of nitrogens with one attached hydrogen (secondary N) is 1. The molecule has 0 aliphatic carbocycles. The molecule has 0 bridgehead atoms. The molecule has 0 unspecified atom stereocenters. The third-order valence-electron chi connectivity index (χ3n) is 4.35. The van der Waals surface area contributed by atoms with Crippen LogP contribution in [0.25, 0.3) is 0 Å². The lowest BCUT2D eigenvalue weighted by molar-refractivity contribution is 0.0919. The first kappa shape index (κ1) is 19.4. The van der Waals surface area contributed by atoms with Gasteiger partial charge >= 0.3 is 0 Å². The zero-order valence-electron chi connectivity index (χ0n) is 15.8. The van der Waals surface area contributed by atoms with Crippen molar-refractivity contribution in [1.82, 2.24) is 5.32 Å². The molecule has 1 aliphatic rings. The maximum atomic E-state index is 13.2. The highest BCUT2D eigenvalue weighted by Gasteiger charge is 2.36. The van der Waals surface area contributed by atoms with Gasteiger partial charge in [0.15, 0.2) is 0 Å². The predicted octanol–water partition coefficient (Wildman–Crippen LogP) is 3.49. The van der Waals surface area contributed by atoms with Gasteiger partial charge in [0.2, 0.25) is 0 Å². The summed E-state index contributed by atoms with van der Waals surface area (Å²) >= 11 is 0. The molecule has 2 aromatic carbocycles. The Labute approximate surface area is 159 Å². The Morgan fingerprint density at radius 2 is 1.78 bits per heavy atom. The molecular formula is C20H23FN2O3S. The molecule has 3 rings (SSSR count). The maximum absolute atomic E-state index is 13.2. The molecule has 1 heterocycles. The van der Waals surface area contributed by atoms with E-state index in [0.29, 0.717) is 17.7 Å². The summed E-state index contributed by atoms with van der Waals surface area (Å²) in [5, 5.41) is 2.90. The summed E-state index contributed by atoms with van der Waals surface area (Å²) in [6.07, 6.45) is 0.506. The van der Waals surface area contributed by atoms with Gasteiger partial charge in [-0.25, -0.2) is 12.8 Å². The van der Waals surface area contributed by atoms with Crippen LogP contribution in [-0.4, -0.2) is 25.9 Å². The molecular weight excluding hydrogens is 367 g/mol. The number of fused-ring (bicyclic) bond motifs is 1. The fourth-order valence-corrected chi connectivity index (χ4v) is 4.94. The van der Waals surface area contributed by atoms with Crippen molar-refractivity contribution < 1.29 is 17.6 Å². The smallest absolute Gasteiger partial charge is 0.264 e. The third-order valence-corrected chi connectivity index (χ3v) is 6.30. The van der Waals surface area contributed by atoms with Crippen molar-refractivity contribution in [2.75, 3.05) is 4.31 Å². The number of halogens is 1. The SMILES string of the molecule is C[C@H]1Cc2cc(C(=O)NC(C)(C)C)ccc2N1S(=O)(=O)c1ccc(F)cc1. The van der Waals surface area contributed by atoms with Crippen molar-refractivity contribution in [3.8, 4) is 0 Å². The van der Waals surface area contributed by atoms with Crippen LogP contribution < -0.4 is 9.62 Å². The lowest BCUT2D eigenvalue weighted by Gasteiger charge is -2.24. The number of carbonyl (C=O) groups excluding carboxylic acids is 1. The molecule has 0 fully saturated rings. The monoisotopic (exact) mass is 390 g/mol. The first-order valence-corrected chi connectivity index (χ1v) is 10.2. The van der Waals surface area contributed by atoms with Gasteiger partial charge < -0.3 is 5.32 Å². The number of anilines is 1. The average molecular weight is 390 g/mol. The van der Waals surface area contributed by atoms with Gasteiger partial charge in [-0.1, -0.05) is 0 Å². The first-order valence-electron chi connectivity index (χ1n) is 8.74. The Balaban J connectivity index is 1.96. The van der Waals surface area contributed by atoms with E-state index < -0.39 is 15.8 Å². The van der Waals surface area contributed by atoms with E-state index >= 15 is 0 Å². The highest BCUT2D eigenvalue weighted by atomic mass is 32.2. The number of nitrogens with zero attached hydrogens (tertiary/aromatic N) is 1. The Morgan fingerprint density at radius 3 is 2.37 bits per heavy atom. The van der Waals surface area contributed by atoms with Gasteiger partial charge in [0.05, 0.1) is 10.6 Å². The number of sulfonamides is 1. The number of hydrogen-bond acceptors (Lipinski definition) is 3. The van der Waals surface area contributed by atoms with E-state index in [0.717, 1.165) is 17.7 Å². The molecule has 1 amide bonds. The standard InChI is InChI=1S/C20H23FN2O3S/c1-13-11-15-12-14(19(24)22-20(2,3)4)5-10-18(15)23(13)27(25,26)17-8-6-16(21)7-9-17/h5-10,12-13H,11H2,1-4H3,(H,22,24)/t13-/m0/s1. The van der Waals surface area contributed by atoms with Crippen LogP contribution in [-0.2, 0) is 16.4 Å². The lowest BCUT2D eigenvalue weighted by Crippen LogP contribution is -2.40. The van der Waals surface area contributed by atoms with Crippen LogP contribution in [0.15, 0.2) is 47.4 Å². The van der Waals surface area contributed by atoms with Crippen LogP contribution in [0.4, 0.5) is 10.1 Å². The number of hydrogen-bond donors (Lipinski definition) is 1. The minimum absolute atomic E-state index is 0.0400. The predicted molar refractivity (Wildman–Crippen MR) is 103 cm³/mol. The molecule has 0 radical (unpaired) electrons. The molecule has 2 aromatic rings. The van der Waals surface area contributed by atoms with Crippen LogP contribution in [0.5, 0.6) is 0 Å². The fraction of sp³-hybridized carbons (Fsp3) is 0.350. The lowest BCUT2D eigenvalue weighted by atomic mass is 10.0. The molecule has 0 spiro atoms. The van der Waals surface area contributed by atoms with Crippen LogP contribution in [0.3, 0.4) is 0 Å². The van der Waals surface area contributed by atoms with Crippen molar-refractivity contribution in [2.45, 2.75) is 50.6 Å². The summed E-state index contributed by atoms with van der Waals surface area (Å²) < 4.78 is 40.6. The van der Waals surface area contributed by atoms with Gasteiger partial charge in [-0.05, 0) is 82.1 Å². The zero-order valence-corrected chi connectivity index (χ0v) is 16.6. The number of carbonyl (C=O) groups is 1. The second-order valence-electron chi connectivity index (χ2n) is 7.86. The van der Waals surface area contributed by atoms with E-state index in [4.69, 9.17) is 0 Å². The Bertz CT molecular complexity index is 979. The van der Waals surface area contributed by atoms with Crippen LogP contribution in [0, 0.1) is 5.82 Å². The van der Waals surface area contributed by atoms with Crippen molar-refractivity contribution in [3.05, 3.63) is 59.4 Å². The minimum atomic E-state index is -3.81. The van der Waals surface area contributed by atoms with Crippen LogP contribution >= 0.6 is 0 Å². The molecule has 1 atom stereocenters. The molecule has 0 saturated heterocycles. The van der Waals surface area contributed by atoms with Gasteiger partial charge in [-0.15, -0.1) is 0 Å². The topological polar surface area (TPSA) is 66.5 Å². The summed E-state index contributed by atoms with van der Waals surface area (Å²) in [6.45, 7) is 7.52. The zero-order chi connectivity index (χ0) is 20.0. The van der Waals surface area contributed by atoms with Crippen LogP contribution in [0.2, 0.25) is 0 Å². The number of rotatable bonds is 3. The average Bonchev–Trinajstić information content (AvgIpc) is 2.89. The van der Waals surface area contributed by atoms with Crippen molar-refractivity contribution in [2.24, 2.45) is 0 Å². The third kappa shape index (κ3) is 3.83. The van der Waals surface area contributed by atoms with E-state index in [-0.39, 0.29) is 22.4 Å². The summed E-state index contributed by atoms with van der Waals surface area (Å²) in [5.41, 5.74) is 1.49. The molecule has 144 valence electrons. The Kier molecular flexibility index (Phi) is 4.76. The minimum Gasteiger partial charge on any atom is -0.347 e. The summed E-state index contributed by atoms with van der Waals surface area (Å²) in [7, 11) is -3.81. The highest BCUT2D eigenvalue weighted by Crippen LogP contribution is 2.37. The number of benzene rings is 2. The molecule has 1 aliphatic heterocycles. The van der Waals surface area contributed by atoms with Gasteiger partial charge in [-0.3, -0.25) is 9.10 Å². The van der Waals surface area contributed by atoms with Gasteiger partial charge in [-0.2, -0.15) is 0 Å². The molecule has 1 N–H and O–H groups in total. The van der Waals surface area contributed by atoms with Gasteiger partial charge in [0.25, 0.3) is 15.9 Å². The highest BCUT2D eigenvalue weighted by molar-refractivity contribution is 7.92. The van der Waals surface area contributed by atoms with Gasteiger partial charge in [0, 0.05) is 17.1 Å². The fourth-order valence-electron chi connectivity index (χ4n) is 3.24. The van der Waals surface area contributed by atoms with Gasteiger partial charge in [0.1, 0.15) is 5.82 Å². The van der Waals surface area contributed by atoms with E-state index in [1.807, 2.05) is 27.7 Å². The van der Waals surface area contributed by atoms with Crippen molar-refractivity contribution >= 4 is 21.6 Å². The summed E-state index contributed by atoms with van der Waals surface area (Å²) in [4.78, 5) is 12.4.